The van der Waals surface area contributed by atoms with Crippen molar-refractivity contribution in [3.63, 3.8) is 0 Å². The van der Waals surface area contributed by atoms with Gasteiger partial charge in [-0.15, -0.1) is 0 Å². The molecule has 2 unspecified atom stereocenters. The molecule has 8 heteroatoms. The molecule has 0 aromatic carbocycles. The van der Waals surface area contributed by atoms with E-state index < -0.39 is 7.82 Å². The lowest BCUT2D eigenvalue weighted by Crippen LogP contribution is -2.37. The molecule has 0 radical (unpaired) electrons. The van der Waals surface area contributed by atoms with Crippen molar-refractivity contribution < 1.29 is 32.5 Å². The molecular formula is C40H85NO6P+. The molecule has 0 rings (SSSR count). The fourth-order valence-electron chi connectivity index (χ4n) is 5.95. The van der Waals surface area contributed by atoms with Gasteiger partial charge in [-0.2, -0.15) is 0 Å². The lowest BCUT2D eigenvalue weighted by atomic mass is 10.0. The van der Waals surface area contributed by atoms with Crippen LogP contribution in [-0.2, 0) is 23.1 Å². The summed E-state index contributed by atoms with van der Waals surface area (Å²) in [5.41, 5.74) is 0. The van der Waals surface area contributed by atoms with Crippen molar-refractivity contribution in [1.29, 1.82) is 0 Å². The number of quaternary nitrogens is 1. The molecule has 0 fully saturated rings. The van der Waals surface area contributed by atoms with Crippen molar-refractivity contribution in [2.24, 2.45) is 0 Å². The number of nitrogens with zero attached hydrogens (tertiary/aromatic N) is 1. The standard InChI is InChI=1S/C40H84NO6P/c1-6-8-10-12-14-16-18-20-21-22-23-25-27-29-31-33-36-45-40(39-47-48(42,43)46-37-34-41(3,4)5)38-44-35-32-30-28-26-24-19-17-15-13-11-9-7-2/h40H,6-39H2,1-5H3/p+1. The Hall–Kier alpha value is -0.0100. The summed E-state index contributed by atoms with van der Waals surface area (Å²) < 4.78 is 35.7. The Bertz CT molecular complexity index is 689. The molecule has 0 saturated heterocycles. The second kappa shape index (κ2) is 35.4. The number of likely N-dealkylation sites (N-methyl/N-ethyl adjacent to an activating group) is 1. The van der Waals surface area contributed by atoms with Crippen LogP contribution in [0.3, 0.4) is 0 Å². The van der Waals surface area contributed by atoms with Crippen LogP contribution < -0.4 is 0 Å². The van der Waals surface area contributed by atoms with E-state index in [0.29, 0.717) is 30.8 Å². The van der Waals surface area contributed by atoms with Gasteiger partial charge in [0, 0.05) is 13.2 Å². The molecule has 2 atom stereocenters. The van der Waals surface area contributed by atoms with Crippen molar-refractivity contribution in [1.82, 2.24) is 0 Å². The van der Waals surface area contributed by atoms with Crippen LogP contribution in [0.2, 0.25) is 0 Å². The fourth-order valence-corrected chi connectivity index (χ4v) is 6.69. The largest absolute Gasteiger partial charge is 0.472 e. The third-order valence-corrected chi connectivity index (χ3v) is 10.2. The van der Waals surface area contributed by atoms with Crippen LogP contribution in [0.1, 0.15) is 194 Å². The molecular weight excluding hydrogens is 621 g/mol. The Labute approximate surface area is 300 Å². The lowest BCUT2D eigenvalue weighted by molar-refractivity contribution is -0.870. The van der Waals surface area contributed by atoms with Gasteiger partial charge in [0.05, 0.1) is 34.4 Å². The van der Waals surface area contributed by atoms with Gasteiger partial charge < -0.3 is 18.9 Å². The molecule has 0 aliphatic rings. The number of hydrogen-bond donors (Lipinski definition) is 1. The summed E-state index contributed by atoms with van der Waals surface area (Å²) >= 11 is 0. The SMILES string of the molecule is CCCCCCCCCCCCCCCCCCOC(COCCCCCCCCCCCCCC)COP(=O)(O)OCC[N+](C)(C)C. The molecule has 290 valence electrons. The van der Waals surface area contributed by atoms with Gasteiger partial charge in [0.25, 0.3) is 0 Å². The average molecular weight is 707 g/mol. The van der Waals surface area contributed by atoms with Gasteiger partial charge in [-0.3, -0.25) is 9.05 Å². The number of rotatable bonds is 40. The maximum atomic E-state index is 12.4. The molecule has 0 spiro atoms. The van der Waals surface area contributed by atoms with Crippen molar-refractivity contribution in [3.05, 3.63) is 0 Å². The highest BCUT2D eigenvalue weighted by Crippen LogP contribution is 2.43. The summed E-state index contributed by atoms with van der Waals surface area (Å²) in [6.07, 6.45) is 36.9. The van der Waals surface area contributed by atoms with Gasteiger partial charge in [0.2, 0.25) is 0 Å². The Morgan fingerprint density at radius 3 is 1.21 bits per heavy atom. The number of phosphoric acid groups is 1. The maximum Gasteiger partial charge on any atom is 0.472 e. The van der Waals surface area contributed by atoms with Crippen LogP contribution in [0.25, 0.3) is 0 Å². The fraction of sp³-hybridized carbons (Fsp3) is 1.00. The minimum atomic E-state index is -4.13. The second-order valence-corrected chi connectivity index (χ2v) is 16.8. The molecule has 0 heterocycles. The van der Waals surface area contributed by atoms with Crippen LogP contribution in [0.4, 0.5) is 0 Å². The minimum Gasteiger partial charge on any atom is -0.379 e. The Morgan fingerprint density at radius 1 is 0.479 bits per heavy atom. The first-order valence-corrected chi connectivity index (χ1v) is 22.3. The summed E-state index contributed by atoms with van der Waals surface area (Å²) in [7, 11) is 1.92. The van der Waals surface area contributed by atoms with E-state index in [2.05, 4.69) is 13.8 Å². The van der Waals surface area contributed by atoms with E-state index in [9.17, 15) is 9.46 Å². The lowest BCUT2D eigenvalue weighted by Gasteiger charge is -2.24. The maximum absolute atomic E-state index is 12.4. The van der Waals surface area contributed by atoms with Crippen molar-refractivity contribution in [2.75, 3.05) is 60.7 Å². The zero-order valence-corrected chi connectivity index (χ0v) is 33.9. The van der Waals surface area contributed by atoms with E-state index in [1.165, 1.54) is 161 Å². The highest BCUT2D eigenvalue weighted by Gasteiger charge is 2.25. The zero-order chi connectivity index (χ0) is 35.4. The molecule has 0 aromatic heterocycles. The third kappa shape index (κ3) is 38.8. The molecule has 48 heavy (non-hydrogen) atoms. The summed E-state index contributed by atoms with van der Waals surface area (Å²) in [5, 5.41) is 0. The summed E-state index contributed by atoms with van der Waals surface area (Å²) in [6, 6.07) is 0. The highest BCUT2D eigenvalue weighted by atomic mass is 31.2. The summed E-state index contributed by atoms with van der Waals surface area (Å²) in [4.78, 5) is 10.2. The first kappa shape index (κ1) is 48.0. The Morgan fingerprint density at radius 2 is 0.833 bits per heavy atom. The van der Waals surface area contributed by atoms with Gasteiger partial charge in [0.15, 0.2) is 0 Å². The predicted octanol–water partition coefficient (Wildman–Crippen LogP) is 12.2. The topological polar surface area (TPSA) is 74.2 Å². The third-order valence-electron chi connectivity index (χ3n) is 9.24. The van der Waals surface area contributed by atoms with Gasteiger partial charge in [-0.05, 0) is 12.8 Å². The van der Waals surface area contributed by atoms with E-state index in [4.69, 9.17) is 18.5 Å². The zero-order valence-electron chi connectivity index (χ0n) is 33.0. The number of phosphoric ester groups is 1. The second-order valence-electron chi connectivity index (χ2n) is 15.4. The van der Waals surface area contributed by atoms with Crippen molar-refractivity contribution >= 4 is 7.82 Å². The molecule has 0 saturated carbocycles. The quantitative estimate of drug-likeness (QED) is 0.0388. The van der Waals surface area contributed by atoms with Crippen molar-refractivity contribution in [3.8, 4) is 0 Å². The molecule has 0 aliphatic carbocycles. The smallest absolute Gasteiger partial charge is 0.379 e. The predicted molar refractivity (Wildman–Crippen MR) is 206 cm³/mol. The molecule has 0 amide bonds. The Balaban J connectivity index is 4.07. The van der Waals surface area contributed by atoms with E-state index in [0.717, 1.165) is 19.3 Å². The molecule has 0 bridgehead atoms. The number of hydrogen-bond acceptors (Lipinski definition) is 5. The molecule has 0 aliphatic heterocycles. The average Bonchev–Trinajstić information content (AvgIpc) is 3.04. The van der Waals surface area contributed by atoms with E-state index in [1.54, 1.807) is 0 Å². The van der Waals surface area contributed by atoms with Crippen molar-refractivity contribution in [2.45, 2.75) is 200 Å². The normalized spacial score (nSPS) is 14.0. The first-order chi connectivity index (χ1) is 23.2. The van der Waals surface area contributed by atoms with E-state index >= 15 is 0 Å². The molecule has 7 nitrogen and oxygen atoms in total. The van der Waals surface area contributed by atoms with Gasteiger partial charge >= 0.3 is 7.82 Å². The summed E-state index contributed by atoms with van der Waals surface area (Å²) in [5.74, 6) is 0. The summed E-state index contributed by atoms with van der Waals surface area (Å²) in [6.45, 7) is 7.01. The molecule has 0 aromatic rings. The highest BCUT2D eigenvalue weighted by molar-refractivity contribution is 7.47. The van der Waals surface area contributed by atoms with Crippen LogP contribution in [0.15, 0.2) is 0 Å². The van der Waals surface area contributed by atoms with Crippen LogP contribution in [0.5, 0.6) is 0 Å². The van der Waals surface area contributed by atoms with Crippen LogP contribution in [0, 0.1) is 0 Å². The molecule has 1 N–H and O–H groups in total. The van der Waals surface area contributed by atoms with Gasteiger partial charge in [-0.1, -0.05) is 181 Å². The van der Waals surface area contributed by atoms with Crippen LogP contribution in [-0.4, -0.2) is 76.2 Å². The van der Waals surface area contributed by atoms with Gasteiger partial charge in [0.1, 0.15) is 19.3 Å². The van der Waals surface area contributed by atoms with Crippen LogP contribution >= 0.6 is 7.82 Å². The monoisotopic (exact) mass is 707 g/mol. The number of ether oxygens (including phenoxy) is 2. The number of unbranched alkanes of at least 4 members (excludes halogenated alkanes) is 26. The van der Waals surface area contributed by atoms with E-state index in [-0.39, 0.29) is 19.3 Å². The van der Waals surface area contributed by atoms with Gasteiger partial charge in [-0.25, -0.2) is 4.57 Å². The first-order valence-electron chi connectivity index (χ1n) is 20.8. The van der Waals surface area contributed by atoms with E-state index in [1.807, 2.05) is 21.1 Å². The minimum absolute atomic E-state index is 0.00451. The Kier molecular flexibility index (Phi) is 35.4.